The third kappa shape index (κ3) is 4.56. The maximum Gasteiger partial charge on any atom is 0.287 e. The second-order valence-electron chi connectivity index (χ2n) is 5.96. The van der Waals surface area contributed by atoms with Gasteiger partial charge in [-0.05, 0) is 27.6 Å². The molecule has 0 atom stereocenters. The van der Waals surface area contributed by atoms with E-state index in [-0.39, 0.29) is 29.3 Å². The number of carbonyl (C=O) groups excluding carboxylic acids is 1. The van der Waals surface area contributed by atoms with E-state index in [0.29, 0.717) is 5.56 Å². The number of carbonyl (C=O) groups is 1. The van der Waals surface area contributed by atoms with Gasteiger partial charge in [-0.25, -0.2) is 4.57 Å². The van der Waals surface area contributed by atoms with Crippen molar-refractivity contribution in [1.82, 2.24) is 4.98 Å². The van der Waals surface area contributed by atoms with E-state index >= 15 is 0 Å². The van der Waals surface area contributed by atoms with E-state index in [1.165, 1.54) is 0 Å². The van der Waals surface area contributed by atoms with Crippen molar-refractivity contribution in [3.05, 3.63) is 96.3 Å². The van der Waals surface area contributed by atoms with Gasteiger partial charge >= 0.3 is 0 Å². The molecule has 0 radical (unpaired) electrons. The minimum absolute atomic E-state index is 0. The zero-order valence-corrected chi connectivity index (χ0v) is 17.0. The summed E-state index contributed by atoms with van der Waals surface area (Å²) in [6.07, 6.45) is 3.61. The van der Waals surface area contributed by atoms with Gasteiger partial charge in [0.25, 0.3) is 6.33 Å². The molecule has 2 aromatic heterocycles. The number of rotatable bonds is 5. The van der Waals surface area contributed by atoms with Crippen LogP contribution in [0.25, 0.3) is 21.7 Å². The Kier molecular flexibility index (Phi) is 6.27. The summed E-state index contributed by atoms with van der Waals surface area (Å²) >= 11 is 1.65. The Hall–Kier alpha value is -2.63. The quantitative estimate of drug-likeness (QED) is 0.316. The van der Waals surface area contributed by atoms with E-state index in [1.54, 1.807) is 17.7 Å². The molecule has 27 heavy (non-hydrogen) atoms. The number of hydrogen-bond acceptors (Lipinski definition) is 3. The molecule has 0 aliphatic heterocycles. The maximum absolute atomic E-state index is 12.5. The Bertz CT molecular complexity index is 999. The Labute approximate surface area is 172 Å². The minimum atomic E-state index is 0. The van der Waals surface area contributed by atoms with Crippen molar-refractivity contribution in [1.29, 1.82) is 0 Å². The standard InChI is InChI=1S/C22H17N2OS.BrH/c25-21(15-24-13-12-20(23-16-24)22-7-4-14-26-22)19-10-8-18(9-11-19)17-5-2-1-3-6-17;/h1-14,16H,15H2;1H/q+1;. The molecule has 0 unspecified atom stereocenters. The number of hydrogen-bond donors (Lipinski definition) is 0. The summed E-state index contributed by atoms with van der Waals surface area (Å²) in [6.45, 7) is 0.280. The molecular weight excluding hydrogens is 420 g/mol. The fourth-order valence-electron chi connectivity index (χ4n) is 2.78. The largest absolute Gasteiger partial charge is 0.290 e. The van der Waals surface area contributed by atoms with Crippen molar-refractivity contribution in [2.45, 2.75) is 6.54 Å². The number of Topliss-reactive ketones (excluding diaryl/α,β-unsaturated/α-hetero) is 1. The zero-order chi connectivity index (χ0) is 17.8. The minimum Gasteiger partial charge on any atom is -0.290 e. The molecule has 0 aliphatic carbocycles. The van der Waals surface area contributed by atoms with Crippen LogP contribution >= 0.6 is 28.3 Å². The summed E-state index contributed by atoms with van der Waals surface area (Å²) in [5.41, 5.74) is 3.89. The lowest BCUT2D eigenvalue weighted by Crippen LogP contribution is -2.37. The van der Waals surface area contributed by atoms with Crippen LogP contribution in [0.1, 0.15) is 10.4 Å². The molecule has 0 fully saturated rings. The number of nitrogens with zero attached hydrogens (tertiary/aromatic N) is 2. The predicted molar refractivity (Wildman–Crippen MR) is 114 cm³/mol. The van der Waals surface area contributed by atoms with Crippen LogP contribution in [0.5, 0.6) is 0 Å². The molecule has 4 rings (SSSR count). The summed E-state index contributed by atoms with van der Waals surface area (Å²) in [5.74, 6) is 0.0697. The Balaban J connectivity index is 0.00000210. The average Bonchev–Trinajstić information content (AvgIpc) is 3.24. The lowest BCUT2D eigenvalue weighted by molar-refractivity contribution is -0.686. The van der Waals surface area contributed by atoms with Crippen LogP contribution in [0.15, 0.2) is 90.7 Å². The van der Waals surface area contributed by atoms with E-state index in [2.05, 4.69) is 17.1 Å². The molecule has 0 saturated carbocycles. The first-order chi connectivity index (χ1) is 12.8. The molecule has 134 valence electrons. The van der Waals surface area contributed by atoms with Gasteiger partial charge in [-0.15, -0.1) is 28.3 Å². The first kappa shape index (κ1) is 19.1. The number of halogens is 1. The summed E-state index contributed by atoms with van der Waals surface area (Å²) in [6, 6.07) is 23.9. The van der Waals surface area contributed by atoms with Gasteiger partial charge in [0.1, 0.15) is 0 Å². The van der Waals surface area contributed by atoms with Crippen molar-refractivity contribution in [2.24, 2.45) is 0 Å². The predicted octanol–water partition coefficient (Wildman–Crippen LogP) is 5.23. The Morgan fingerprint density at radius 1 is 0.889 bits per heavy atom. The van der Waals surface area contributed by atoms with Gasteiger partial charge in [-0.1, -0.05) is 60.7 Å². The van der Waals surface area contributed by atoms with Gasteiger partial charge in [0.2, 0.25) is 5.78 Å². The summed E-state index contributed by atoms with van der Waals surface area (Å²) in [5, 5.41) is 2.03. The van der Waals surface area contributed by atoms with Crippen LogP contribution in [0.4, 0.5) is 0 Å². The number of aromatic nitrogens is 2. The van der Waals surface area contributed by atoms with Crippen LogP contribution in [0, 0.1) is 0 Å². The molecule has 5 heteroatoms. The van der Waals surface area contributed by atoms with E-state index in [0.717, 1.165) is 21.7 Å². The van der Waals surface area contributed by atoms with Gasteiger partial charge in [0.15, 0.2) is 12.2 Å². The van der Waals surface area contributed by atoms with Gasteiger partial charge in [0.05, 0.1) is 11.1 Å². The monoisotopic (exact) mass is 437 g/mol. The first-order valence-electron chi connectivity index (χ1n) is 8.37. The third-order valence-electron chi connectivity index (χ3n) is 4.18. The van der Waals surface area contributed by atoms with Gasteiger partial charge < -0.3 is 0 Å². The van der Waals surface area contributed by atoms with Crippen molar-refractivity contribution in [3.63, 3.8) is 0 Å². The third-order valence-corrected chi connectivity index (χ3v) is 5.08. The second kappa shape index (κ2) is 8.84. The maximum atomic E-state index is 12.5. The number of ketones is 1. The van der Waals surface area contributed by atoms with Gasteiger partial charge in [-0.3, -0.25) is 4.79 Å². The molecular formula is C22H18BrN2OS+. The summed E-state index contributed by atoms with van der Waals surface area (Å²) < 4.78 is 1.81. The smallest absolute Gasteiger partial charge is 0.287 e. The summed E-state index contributed by atoms with van der Waals surface area (Å²) in [7, 11) is 0. The average molecular weight is 438 g/mol. The lowest BCUT2D eigenvalue weighted by atomic mass is 10.0. The molecule has 2 heterocycles. The number of benzene rings is 2. The second-order valence-corrected chi connectivity index (χ2v) is 6.91. The van der Waals surface area contributed by atoms with Gasteiger partial charge in [0, 0.05) is 11.6 Å². The first-order valence-corrected chi connectivity index (χ1v) is 9.25. The van der Waals surface area contributed by atoms with Gasteiger partial charge in [-0.2, -0.15) is 0 Å². The molecule has 0 aliphatic rings. The fourth-order valence-corrected chi connectivity index (χ4v) is 3.49. The van der Waals surface area contributed by atoms with Crippen molar-refractivity contribution < 1.29 is 9.36 Å². The molecule has 0 bridgehead atoms. The highest BCUT2D eigenvalue weighted by Crippen LogP contribution is 2.21. The van der Waals surface area contributed by atoms with Crippen molar-refractivity contribution in [3.8, 4) is 21.7 Å². The highest BCUT2D eigenvalue weighted by Gasteiger charge is 2.12. The molecule has 0 amide bonds. The fraction of sp³-hybridized carbons (Fsp3) is 0.0455. The van der Waals surface area contributed by atoms with Crippen molar-refractivity contribution >= 4 is 34.1 Å². The van der Waals surface area contributed by atoms with E-state index < -0.39 is 0 Å². The zero-order valence-electron chi connectivity index (χ0n) is 14.5. The SMILES string of the molecule is Br.O=C(C[n+]1ccc(-c2cccs2)nc1)c1ccc(-c2ccccc2)cc1. The van der Waals surface area contributed by atoms with Crippen LogP contribution < -0.4 is 4.57 Å². The van der Waals surface area contributed by atoms with E-state index in [4.69, 9.17) is 0 Å². The topological polar surface area (TPSA) is 33.8 Å². The Morgan fingerprint density at radius 2 is 1.63 bits per heavy atom. The molecule has 2 aromatic carbocycles. The van der Waals surface area contributed by atoms with Crippen LogP contribution in [0.2, 0.25) is 0 Å². The summed E-state index contributed by atoms with van der Waals surface area (Å²) in [4.78, 5) is 18.1. The normalized spacial score (nSPS) is 10.2. The van der Waals surface area contributed by atoms with Crippen LogP contribution in [-0.2, 0) is 6.54 Å². The Morgan fingerprint density at radius 3 is 2.26 bits per heavy atom. The lowest BCUT2D eigenvalue weighted by Gasteiger charge is -2.04. The molecule has 0 N–H and O–H groups in total. The van der Waals surface area contributed by atoms with E-state index in [9.17, 15) is 4.79 Å². The van der Waals surface area contributed by atoms with Crippen LogP contribution in [-0.4, -0.2) is 10.8 Å². The molecule has 4 aromatic rings. The molecule has 3 nitrogen and oxygen atoms in total. The van der Waals surface area contributed by atoms with Crippen LogP contribution in [0.3, 0.4) is 0 Å². The highest BCUT2D eigenvalue weighted by atomic mass is 79.9. The highest BCUT2D eigenvalue weighted by molar-refractivity contribution is 8.93. The number of thiophene rings is 1. The molecule has 0 spiro atoms. The molecule has 0 saturated heterocycles. The van der Waals surface area contributed by atoms with E-state index in [1.807, 2.05) is 76.8 Å². The van der Waals surface area contributed by atoms with Crippen molar-refractivity contribution in [2.75, 3.05) is 0 Å².